The van der Waals surface area contributed by atoms with E-state index in [1.807, 2.05) is 0 Å². The van der Waals surface area contributed by atoms with Gasteiger partial charge in [-0.2, -0.15) is 0 Å². The van der Waals surface area contributed by atoms with Crippen LogP contribution in [0.1, 0.15) is 12.8 Å². The second-order valence-corrected chi connectivity index (χ2v) is 4.85. The SMILES string of the molecule is NC(CSC(CC(=O)NCCC=O)C(=O)O)C(=O)O. The molecule has 0 aromatic rings. The van der Waals surface area contributed by atoms with Crippen LogP contribution in [0.5, 0.6) is 0 Å². The molecule has 0 aliphatic heterocycles. The number of aldehydes is 1. The summed E-state index contributed by atoms with van der Waals surface area (Å²) in [6, 6.07) is -1.18. The predicted molar refractivity (Wildman–Crippen MR) is 67.8 cm³/mol. The number of hydrogen-bond acceptors (Lipinski definition) is 6. The molecule has 19 heavy (non-hydrogen) atoms. The zero-order valence-corrected chi connectivity index (χ0v) is 10.9. The van der Waals surface area contributed by atoms with E-state index in [9.17, 15) is 19.2 Å². The van der Waals surface area contributed by atoms with Crippen LogP contribution in [0.25, 0.3) is 0 Å². The lowest BCUT2D eigenvalue weighted by Gasteiger charge is -2.13. The number of aliphatic carboxylic acids is 2. The Morgan fingerprint density at radius 1 is 1.26 bits per heavy atom. The van der Waals surface area contributed by atoms with Crippen molar-refractivity contribution in [1.29, 1.82) is 0 Å². The molecule has 8 nitrogen and oxygen atoms in total. The van der Waals surface area contributed by atoms with Crippen molar-refractivity contribution in [3.8, 4) is 0 Å². The average molecular weight is 292 g/mol. The molecule has 0 heterocycles. The Kier molecular flexibility index (Phi) is 8.55. The minimum absolute atomic E-state index is 0.103. The fourth-order valence-electron chi connectivity index (χ4n) is 1.02. The molecule has 2 atom stereocenters. The number of nitrogens with one attached hydrogen (secondary N) is 1. The van der Waals surface area contributed by atoms with Crippen molar-refractivity contribution in [1.82, 2.24) is 5.32 Å². The number of rotatable bonds is 10. The highest BCUT2D eigenvalue weighted by atomic mass is 32.2. The molecular weight excluding hydrogens is 276 g/mol. The van der Waals surface area contributed by atoms with Crippen LogP contribution in [0.15, 0.2) is 0 Å². The summed E-state index contributed by atoms with van der Waals surface area (Å²) in [5.74, 6) is -3.06. The maximum absolute atomic E-state index is 11.4. The van der Waals surface area contributed by atoms with Gasteiger partial charge in [0, 0.05) is 25.1 Å². The summed E-state index contributed by atoms with van der Waals surface area (Å²) < 4.78 is 0. The Balaban J connectivity index is 4.18. The van der Waals surface area contributed by atoms with E-state index in [-0.39, 0.29) is 25.1 Å². The highest BCUT2D eigenvalue weighted by molar-refractivity contribution is 8.00. The largest absolute Gasteiger partial charge is 0.480 e. The van der Waals surface area contributed by atoms with Crippen LogP contribution in [0.4, 0.5) is 0 Å². The third-order valence-electron chi connectivity index (χ3n) is 2.02. The smallest absolute Gasteiger partial charge is 0.321 e. The molecule has 0 saturated heterocycles. The number of carbonyl (C=O) groups is 4. The lowest BCUT2D eigenvalue weighted by molar-refractivity contribution is -0.139. The fraction of sp³-hybridized carbons (Fsp3) is 0.600. The van der Waals surface area contributed by atoms with Gasteiger partial charge in [-0.25, -0.2) is 0 Å². The molecule has 5 N–H and O–H groups in total. The van der Waals surface area contributed by atoms with Crippen molar-refractivity contribution in [2.45, 2.75) is 24.1 Å². The van der Waals surface area contributed by atoms with E-state index in [2.05, 4.69) is 5.32 Å². The van der Waals surface area contributed by atoms with Crippen LogP contribution in [0.2, 0.25) is 0 Å². The van der Waals surface area contributed by atoms with Crippen molar-refractivity contribution in [2.75, 3.05) is 12.3 Å². The lowest BCUT2D eigenvalue weighted by Crippen LogP contribution is -2.35. The van der Waals surface area contributed by atoms with Crippen molar-refractivity contribution < 1.29 is 29.4 Å². The Morgan fingerprint density at radius 3 is 2.37 bits per heavy atom. The van der Waals surface area contributed by atoms with E-state index >= 15 is 0 Å². The molecular formula is C10H16N2O6S. The summed E-state index contributed by atoms with van der Waals surface area (Å²) in [5, 5.41) is 18.8. The molecule has 0 spiro atoms. The van der Waals surface area contributed by atoms with Gasteiger partial charge in [-0.15, -0.1) is 11.8 Å². The van der Waals surface area contributed by atoms with Crippen LogP contribution >= 0.6 is 11.8 Å². The molecule has 0 saturated carbocycles. The van der Waals surface area contributed by atoms with Crippen molar-refractivity contribution in [3.05, 3.63) is 0 Å². The molecule has 0 rings (SSSR count). The van der Waals surface area contributed by atoms with Gasteiger partial charge in [-0.3, -0.25) is 14.4 Å². The first-order valence-corrected chi connectivity index (χ1v) is 6.46. The van der Waals surface area contributed by atoms with Gasteiger partial charge in [0.2, 0.25) is 5.91 Å². The molecule has 0 bridgehead atoms. The van der Waals surface area contributed by atoms with Gasteiger partial charge in [0.15, 0.2) is 0 Å². The highest BCUT2D eigenvalue weighted by Gasteiger charge is 2.24. The average Bonchev–Trinajstić information content (AvgIpc) is 2.33. The van der Waals surface area contributed by atoms with E-state index in [1.165, 1.54) is 0 Å². The third-order valence-corrected chi connectivity index (χ3v) is 3.35. The molecule has 108 valence electrons. The van der Waals surface area contributed by atoms with Gasteiger partial charge in [0.1, 0.15) is 17.6 Å². The van der Waals surface area contributed by atoms with Crippen LogP contribution in [0.3, 0.4) is 0 Å². The summed E-state index contributed by atoms with van der Waals surface area (Å²) >= 11 is 0.798. The maximum Gasteiger partial charge on any atom is 0.321 e. The van der Waals surface area contributed by atoms with Crippen LogP contribution < -0.4 is 11.1 Å². The normalized spacial score (nSPS) is 13.3. The van der Waals surface area contributed by atoms with Gasteiger partial charge < -0.3 is 26.1 Å². The second kappa shape index (κ2) is 9.34. The summed E-state index contributed by atoms with van der Waals surface area (Å²) in [4.78, 5) is 42.8. The van der Waals surface area contributed by atoms with E-state index in [1.54, 1.807) is 0 Å². The molecule has 9 heteroatoms. The predicted octanol–water partition coefficient (Wildman–Crippen LogP) is -1.32. The first kappa shape index (κ1) is 17.4. The Morgan fingerprint density at radius 2 is 1.89 bits per heavy atom. The third kappa shape index (κ3) is 8.16. The maximum atomic E-state index is 11.4. The number of amides is 1. The van der Waals surface area contributed by atoms with Crippen molar-refractivity contribution in [2.24, 2.45) is 5.73 Å². The van der Waals surface area contributed by atoms with E-state index in [4.69, 9.17) is 15.9 Å². The Hall–Kier alpha value is -1.61. The molecule has 0 radical (unpaired) electrons. The zero-order valence-electron chi connectivity index (χ0n) is 10.1. The first-order valence-electron chi connectivity index (χ1n) is 5.41. The fourth-order valence-corrected chi connectivity index (χ4v) is 2.01. The van der Waals surface area contributed by atoms with Crippen LogP contribution in [-0.4, -0.2) is 57.9 Å². The quantitative estimate of drug-likeness (QED) is 0.286. The number of hydrogen-bond donors (Lipinski definition) is 4. The van der Waals surface area contributed by atoms with Gasteiger partial charge in [-0.05, 0) is 0 Å². The van der Waals surface area contributed by atoms with E-state index in [0.717, 1.165) is 11.8 Å². The summed E-state index contributed by atoms with van der Waals surface area (Å²) in [7, 11) is 0. The molecule has 0 aromatic heterocycles. The number of carboxylic acids is 2. The van der Waals surface area contributed by atoms with Crippen molar-refractivity contribution in [3.63, 3.8) is 0 Å². The first-order chi connectivity index (χ1) is 8.88. The van der Waals surface area contributed by atoms with Gasteiger partial charge in [0.05, 0.1) is 0 Å². The monoisotopic (exact) mass is 292 g/mol. The number of thioether (sulfide) groups is 1. The van der Waals surface area contributed by atoms with Crippen LogP contribution in [0, 0.1) is 0 Å². The number of carbonyl (C=O) groups excluding carboxylic acids is 2. The molecule has 2 unspecified atom stereocenters. The minimum atomic E-state index is -1.23. The standard InChI is InChI=1S/C10H16N2O6S/c11-6(9(15)16)5-19-7(10(17)18)4-8(14)12-2-1-3-13/h3,6-7H,1-2,4-5,11H2,(H,12,14)(H,15,16)(H,17,18). The van der Waals surface area contributed by atoms with E-state index in [0.29, 0.717) is 6.29 Å². The zero-order chi connectivity index (χ0) is 14.8. The summed E-state index contributed by atoms with van der Waals surface area (Å²) in [5.41, 5.74) is 5.24. The van der Waals surface area contributed by atoms with Gasteiger partial charge in [-0.1, -0.05) is 0 Å². The second-order valence-electron chi connectivity index (χ2n) is 3.61. The van der Waals surface area contributed by atoms with E-state index < -0.39 is 29.1 Å². The minimum Gasteiger partial charge on any atom is -0.480 e. The lowest BCUT2D eigenvalue weighted by atomic mass is 10.3. The van der Waals surface area contributed by atoms with Gasteiger partial charge >= 0.3 is 11.9 Å². The highest BCUT2D eigenvalue weighted by Crippen LogP contribution is 2.16. The molecule has 0 aromatic carbocycles. The Bertz CT molecular complexity index is 349. The molecule has 0 aliphatic carbocycles. The molecule has 1 amide bonds. The number of nitrogens with two attached hydrogens (primary N) is 1. The van der Waals surface area contributed by atoms with Crippen LogP contribution in [-0.2, 0) is 19.2 Å². The topological polar surface area (TPSA) is 147 Å². The molecule has 0 aliphatic rings. The Labute approximate surface area is 113 Å². The van der Waals surface area contributed by atoms with Gasteiger partial charge in [0.25, 0.3) is 0 Å². The summed E-state index contributed by atoms with van der Waals surface area (Å²) in [6.07, 6.45) is 0.487. The molecule has 0 fully saturated rings. The summed E-state index contributed by atoms with van der Waals surface area (Å²) in [6.45, 7) is 0.147. The number of carboxylic acid groups (broad SMARTS) is 2. The van der Waals surface area contributed by atoms with Crippen molar-refractivity contribution >= 4 is 35.9 Å².